The van der Waals surface area contributed by atoms with E-state index in [9.17, 15) is 13.6 Å². The molecule has 1 amide bonds. The topological polar surface area (TPSA) is 60.5 Å². The van der Waals surface area contributed by atoms with Gasteiger partial charge in [0, 0.05) is 11.6 Å². The van der Waals surface area contributed by atoms with Crippen LogP contribution in [0.4, 0.5) is 13.9 Å². The summed E-state index contributed by atoms with van der Waals surface area (Å²) in [6, 6.07) is 14.5. The van der Waals surface area contributed by atoms with E-state index in [1.807, 2.05) is 0 Å². The van der Waals surface area contributed by atoms with E-state index in [2.05, 4.69) is 26.2 Å². The van der Waals surface area contributed by atoms with Crippen LogP contribution >= 0.6 is 27.3 Å². The molecule has 4 rings (SSSR count). The maximum atomic E-state index is 13.9. The fourth-order valence-electron chi connectivity index (χ4n) is 3.03. The second-order valence-corrected chi connectivity index (χ2v) is 8.73. The standard InChI is InChI=1S/C24H17BrF2N2O3S/c1-31-19-12-14(11-16(25)23(19)32-13-15-5-2-3-6-17(15)26)9-10-21(30)28-24-29-22-18(27)7-4-8-20(22)33-24/h2-12H,13H2,1H3,(H,28,29,30)/b10-9+. The van der Waals surface area contributed by atoms with Crippen molar-refractivity contribution in [3.63, 3.8) is 0 Å². The minimum absolute atomic E-state index is 0.0297. The third-order valence-electron chi connectivity index (χ3n) is 4.61. The van der Waals surface area contributed by atoms with Crippen LogP contribution in [0.1, 0.15) is 11.1 Å². The first-order valence-electron chi connectivity index (χ1n) is 9.72. The van der Waals surface area contributed by atoms with E-state index in [-0.39, 0.29) is 17.9 Å². The van der Waals surface area contributed by atoms with E-state index in [0.717, 1.165) is 0 Å². The van der Waals surface area contributed by atoms with Gasteiger partial charge in [0.25, 0.3) is 0 Å². The summed E-state index contributed by atoms with van der Waals surface area (Å²) < 4.78 is 40.1. The average Bonchev–Trinajstić information content (AvgIpc) is 3.21. The van der Waals surface area contributed by atoms with Crippen LogP contribution in [0, 0.1) is 11.6 Å². The summed E-state index contributed by atoms with van der Waals surface area (Å²) >= 11 is 4.63. The lowest BCUT2D eigenvalue weighted by Crippen LogP contribution is -2.07. The van der Waals surface area contributed by atoms with Gasteiger partial charge in [-0.05, 0) is 57.9 Å². The zero-order valence-electron chi connectivity index (χ0n) is 17.3. The molecule has 0 unspecified atom stereocenters. The molecule has 1 N–H and O–H groups in total. The Labute approximate surface area is 200 Å². The number of ether oxygens (including phenoxy) is 2. The molecule has 1 heterocycles. The van der Waals surface area contributed by atoms with E-state index < -0.39 is 11.7 Å². The third-order valence-corrected chi connectivity index (χ3v) is 6.13. The van der Waals surface area contributed by atoms with E-state index in [0.29, 0.717) is 36.9 Å². The van der Waals surface area contributed by atoms with E-state index in [1.165, 1.54) is 36.7 Å². The molecule has 168 valence electrons. The summed E-state index contributed by atoms with van der Waals surface area (Å²) in [5.74, 6) is -0.367. The summed E-state index contributed by atoms with van der Waals surface area (Å²) in [4.78, 5) is 16.4. The van der Waals surface area contributed by atoms with Gasteiger partial charge in [0.15, 0.2) is 16.6 Å². The van der Waals surface area contributed by atoms with Crippen LogP contribution in [0.25, 0.3) is 16.3 Å². The molecular weight excluding hydrogens is 514 g/mol. The molecule has 0 bridgehead atoms. The van der Waals surface area contributed by atoms with Crippen molar-refractivity contribution in [3.05, 3.63) is 87.9 Å². The van der Waals surface area contributed by atoms with Gasteiger partial charge in [-0.2, -0.15) is 0 Å². The summed E-state index contributed by atoms with van der Waals surface area (Å²) in [6.07, 6.45) is 2.93. The molecule has 0 aliphatic heterocycles. The van der Waals surface area contributed by atoms with E-state index >= 15 is 0 Å². The minimum atomic E-state index is -0.436. The minimum Gasteiger partial charge on any atom is -0.493 e. The fraction of sp³-hybridized carbons (Fsp3) is 0.0833. The van der Waals surface area contributed by atoms with Gasteiger partial charge in [-0.1, -0.05) is 35.6 Å². The Morgan fingerprint density at radius 2 is 1.94 bits per heavy atom. The van der Waals surface area contributed by atoms with Crippen molar-refractivity contribution < 1.29 is 23.0 Å². The van der Waals surface area contributed by atoms with Gasteiger partial charge >= 0.3 is 0 Å². The highest BCUT2D eigenvalue weighted by Gasteiger charge is 2.13. The Hall–Kier alpha value is -3.30. The normalized spacial score (nSPS) is 11.2. The number of thiazole rings is 1. The van der Waals surface area contributed by atoms with Crippen LogP contribution in [0.3, 0.4) is 0 Å². The number of fused-ring (bicyclic) bond motifs is 1. The molecule has 3 aromatic carbocycles. The van der Waals surface area contributed by atoms with Crippen molar-refractivity contribution in [1.29, 1.82) is 0 Å². The second kappa shape index (κ2) is 10.1. The highest BCUT2D eigenvalue weighted by Crippen LogP contribution is 2.37. The van der Waals surface area contributed by atoms with E-state index in [1.54, 1.807) is 48.5 Å². The van der Waals surface area contributed by atoms with Crippen molar-refractivity contribution in [2.24, 2.45) is 0 Å². The average molecular weight is 531 g/mol. The van der Waals surface area contributed by atoms with Crippen LogP contribution < -0.4 is 14.8 Å². The molecule has 0 saturated carbocycles. The molecule has 0 aliphatic rings. The molecule has 0 fully saturated rings. The van der Waals surface area contributed by atoms with Crippen LogP contribution in [0.2, 0.25) is 0 Å². The number of nitrogens with one attached hydrogen (secondary N) is 1. The number of carbonyl (C=O) groups is 1. The molecule has 0 aliphatic carbocycles. The molecular formula is C24H17BrF2N2O3S. The van der Waals surface area contributed by atoms with E-state index in [4.69, 9.17) is 9.47 Å². The lowest BCUT2D eigenvalue weighted by molar-refractivity contribution is -0.111. The maximum absolute atomic E-state index is 13.9. The first-order valence-corrected chi connectivity index (χ1v) is 11.3. The van der Waals surface area contributed by atoms with Gasteiger partial charge in [-0.3, -0.25) is 10.1 Å². The van der Waals surface area contributed by atoms with Crippen LogP contribution in [-0.2, 0) is 11.4 Å². The first-order chi connectivity index (χ1) is 15.9. The Kier molecular flexibility index (Phi) is 7.00. The Balaban J connectivity index is 1.46. The number of amides is 1. The van der Waals surface area contributed by atoms with Crippen molar-refractivity contribution >= 4 is 54.6 Å². The van der Waals surface area contributed by atoms with Crippen LogP contribution in [0.5, 0.6) is 11.5 Å². The number of hydrogen-bond acceptors (Lipinski definition) is 5. The molecule has 1 aromatic heterocycles. The number of aromatic nitrogens is 1. The second-order valence-electron chi connectivity index (χ2n) is 6.84. The molecule has 5 nitrogen and oxygen atoms in total. The van der Waals surface area contributed by atoms with Gasteiger partial charge in [0.05, 0.1) is 16.3 Å². The molecule has 0 radical (unpaired) electrons. The zero-order chi connectivity index (χ0) is 23.4. The molecule has 4 aromatic rings. The number of methoxy groups -OCH3 is 1. The number of rotatable bonds is 7. The van der Waals surface area contributed by atoms with Gasteiger partial charge < -0.3 is 9.47 Å². The van der Waals surface area contributed by atoms with Crippen molar-refractivity contribution in [3.8, 4) is 11.5 Å². The Morgan fingerprint density at radius 3 is 2.70 bits per heavy atom. The van der Waals surface area contributed by atoms with Gasteiger partial charge in [-0.25, -0.2) is 13.8 Å². The fourth-order valence-corrected chi connectivity index (χ4v) is 4.49. The summed E-state index contributed by atoms with van der Waals surface area (Å²) in [5.41, 5.74) is 1.31. The lowest BCUT2D eigenvalue weighted by atomic mass is 10.2. The summed E-state index contributed by atoms with van der Waals surface area (Å²) in [6.45, 7) is 0.0297. The quantitative estimate of drug-likeness (QED) is 0.274. The van der Waals surface area contributed by atoms with Gasteiger partial charge in [-0.15, -0.1) is 0 Å². The largest absolute Gasteiger partial charge is 0.493 e. The number of halogens is 3. The van der Waals surface area contributed by atoms with Crippen LogP contribution in [0.15, 0.2) is 65.1 Å². The monoisotopic (exact) mass is 530 g/mol. The molecule has 0 atom stereocenters. The van der Waals surface area contributed by atoms with Crippen LogP contribution in [-0.4, -0.2) is 18.0 Å². The molecule has 0 saturated heterocycles. The van der Waals surface area contributed by atoms with Gasteiger partial charge in [0.2, 0.25) is 5.91 Å². The lowest BCUT2D eigenvalue weighted by Gasteiger charge is -2.14. The first kappa shape index (κ1) is 22.9. The number of benzene rings is 3. The van der Waals surface area contributed by atoms with Crippen molar-refractivity contribution in [2.75, 3.05) is 12.4 Å². The number of anilines is 1. The smallest absolute Gasteiger partial charge is 0.250 e. The Morgan fingerprint density at radius 1 is 1.15 bits per heavy atom. The zero-order valence-corrected chi connectivity index (χ0v) is 19.7. The molecule has 9 heteroatoms. The highest BCUT2D eigenvalue weighted by molar-refractivity contribution is 9.10. The summed E-state index contributed by atoms with van der Waals surface area (Å²) in [5, 5.41) is 2.94. The number of hydrogen-bond donors (Lipinski definition) is 1. The highest BCUT2D eigenvalue weighted by atomic mass is 79.9. The maximum Gasteiger partial charge on any atom is 0.250 e. The summed E-state index contributed by atoms with van der Waals surface area (Å²) in [7, 11) is 1.49. The number of carbonyl (C=O) groups excluding carboxylic acids is 1. The molecule has 0 spiro atoms. The SMILES string of the molecule is COc1cc(/C=C/C(=O)Nc2nc3c(F)cccc3s2)cc(Br)c1OCc1ccccc1F. The van der Waals surface area contributed by atoms with Crippen molar-refractivity contribution in [1.82, 2.24) is 4.98 Å². The third kappa shape index (κ3) is 5.37. The number of nitrogens with zero attached hydrogens (tertiary/aromatic N) is 1. The number of para-hydroxylation sites is 1. The molecule has 33 heavy (non-hydrogen) atoms. The van der Waals surface area contributed by atoms with Gasteiger partial charge in [0.1, 0.15) is 23.8 Å². The van der Waals surface area contributed by atoms with Crippen molar-refractivity contribution in [2.45, 2.75) is 6.61 Å². The predicted molar refractivity (Wildman–Crippen MR) is 129 cm³/mol. The Bertz CT molecular complexity index is 1360. The predicted octanol–water partition coefficient (Wildman–Crippen LogP) is 6.58.